The van der Waals surface area contributed by atoms with Gasteiger partial charge >= 0.3 is 0 Å². The van der Waals surface area contributed by atoms with Crippen LogP contribution in [0.5, 0.6) is 0 Å². The number of halogens is 4. The lowest BCUT2D eigenvalue weighted by Gasteiger charge is -2.16. The molecule has 3 rings (SSSR count). The van der Waals surface area contributed by atoms with Gasteiger partial charge in [0.05, 0.1) is 33.8 Å². The highest BCUT2D eigenvalue weighted by Gasteiger charge is 2.22. The molecule has 3 aromatic rings. The van der Waals surface area contributed by atoms with Crippen molar-refractivity contribution in [2.24, 2.45) is 12.0 Å². The van der Waals surface area contributed by atoms with E-state index in [1.165, 1.54) is 47.6 Å². The molecule has 196 valence electrons. The summed E-state index contributed by atoms with van der Waals surface area (Å²) in [5.41, 5.74) is -0.240. The molecule has 11 heteroatoms. The molecule has 2 unspecified atom stereocenters. The zero-order valence-corrected chi connectivity index (χ0v) is 22.5. The maximum atomic E-state index is 15.6. The fourth-order valence-electron chi connectivity index (χ4n) is 3.81. The molecule has 0 amide bonds. The molecule has 0 aliphatic carbocycles. The van der Waals surface area contributed by atoms with E-state index in [4.69, 9.17) is 11.6 Å². The van der Waals surface area contributed by atoms with Gasteiger partial charge in [0, 0.05) is 37.2 Å². The van der Waals surface area contributed by atoms with Gasteiger partial charge in [-0.05, 0) is 43.5 Å². The summed E-state index contributed by atoms with van der Waals surface area (Å²) in [7, 11) is -0.0436. The highest BCUT2D eigenvalue weighted by Crippen LogP contribution is 2.27. The zero-order valence-electron chi connectivity index (χ0n) is 20.9. The zero-order chi connectivity index (χ0) is 27.4. The van der Waals surface area contributed by atoms with Gasteiger partial charge in [0.25, 0.3) is 5.56 Å². The van der Waals surface area contributed by atoms with E-state index in [1.807, 2.05) is 0 Å². The smallest absolute Gasteiger partial charge is 0.273 e. The van der Waals surface area contributed by atoms with Crippen LogP contribution in [0.1, 0.15) is 42.3 Å². The summed E-state index contributed by atoms with van der Waals surface area (Å²) in [5.74, 6) is -2.70. The highest BCUT2D eigenvalue weighted by atomic mass is 35.5. The molecule has 0 fully saturated rings. The normalized spacial score (nSPS) is 14.4. The Morgan fingerprint density at radius 3 is 2.62 bits per heavy atom. The lowest BCUT2D eigenvalue weighted by Crippen LogP contribution is -2.22. The molecule has 2 atom stereocenters. The van der Waals surface area contributed by atoms with Crippen molar-refractivity contribution >= 4 is 34.3 Å². The van der Waals surface area contributed by atoms with Crippen LogP contribution >= 0.6 is 11.6 Å². The van der Waals surface area contributed by atoms with Crippen molar-refractivity contribution < 1.29 is 17.4 Å². The molecule has 1 aromatic carbocycles. The minimum Gasteiger partial charge on any atom is -0.284 e. The van der Waals surface area contributed by atoms with Crippen LogP contribution < -0.4 is 5.56 Å². The van der Waals surface area contributed by atoms with E-state index in [0.29, 0.717) is 11.3 Å². The average molecular weight is 551 g/mol. The summed E-state index contributed by atoms with van der Waals surface area (Å²) < 4.78 is 58.9. The molecule has 0 radical (unpaired) electrons. The molecule has 0 saturated carbocycles. The molecular formula is C26H26ClF3N4O2S. The van der Waals surface area contributed by atoms with Crippen LogP contribution in [-0.4, -0.2) is 30.5 Å². The van der Waals surface area contributed by atoms with Crippen LogP contribution in [-0.2, 0) is 24.3 Å². The second-order valence-corrected chi connectivity index (χ2v) is 10.2. The van der Waals surface area contributed by atoms with Gasteiger partial charge in [-0.3, -0.25) is 23.2 Å². The third kappa shape index (κ3) is 6.19. The Morgan fingerprint density at radius 2 is 2.03 bits per heavy atom. The van der Waals surface area contributed by atoms with Gasteiger partial charge in [0.1, 0.15) is 16.6 Å². The third-order valence-corrected chi connectivity index (χ3v) is 6.95. The SMILES string of the molecule is C/C=C/N=C(/C(F)=C/n1c(C)cc(C(C)Cc2nn(C)cc2F)c(Cl)c1=O)c1cccc(S(C)=O)c1F. The Morgan fingerprint density at radius 1 is 1.32 bits per heavy atom. The number of hydrogen-bond acceptors (Lipinski definition) is 4. The first-order chi connectivity index (χ1) is 17.5. The second kappa shape index (κ2) is 11.9. The summed E-state index contributed by atoms with van der Waals surface area (Å²) in [6.45, 7) is 5.02. The molecule has 37 heavy (non-hydrogen) atoms. The molecule has 0 spiro atoms. The van der Waals surface area contributed by atoms with E-state index in [1.54, 1.807) is 33.9 Å². The Kier molecular flexibility index (Phi) is 9.09. The molecule has 2 heterocycles. The largest absolute Gasteiger partial charge is 0.284 e. The number of nitrogens with zero attached hydrogens (tertiary/aromatic N) is 4. The van der Waals surface area contributed by atoms with Crippen LogP contribution in [0.15, 0.2) is 63.2 Å². The number of aromatic nitrogens is 3. The molecule has 0 N–H and O–H groups in total. The first-order valence-electron chi connectivity index (χ1n) is 11.2. The number of benzene rings is 1. The third-order valence-electron chi connectivity index (χ3n) is 5.64. The van der Waals surface area contributed by atoms with E-state index in [9.17, 15) is 13.4 Å². The van der Waals surface area contributed by atoms with E-state index < -0.39 is 33.8 Å². The molecule has 0 aliphatic rings. The molecule has 2 aromatic heterocycles. The Balaban J connectivity index is 2.07. The number of rotatable bonds is 8. The van der Waals surface area contributed by atoms with Crippen molar-refractivity contribution in [1.29, 1.82) is 0 Å². The number of allylic oxidation sites excluding steroid dienone is 2. The van der Waals surface area contributed by atoms with Crippen LogP contribution in [0.4, 0.5) is 13.2 Å². The van der Waals surface area contributed by atoms with E-state index in [2.05, 4.69) is 10.1 Å². The van der Waals surface area contributed by atoms with Crippen molar-refractivity contribution in [2.75, 3.05) is 6.26 Å². The average Bonchev–Trinajstić information content (AvgIpc) is 3.15. The van der Waals surface area contributed by atoms with Crippen LogP contribution in [0.25, 0.3) is 6.20 Å². The molecule has 0 bridgehead atoms. The van der Waals surface area contributed by atoms with Gasteiger partial charge in [-0.25, -0.2) is 13.2 Å². The topological polar surface area (TPSA) is 69.2 Å². The van der Waals surface area contributed by atoms with Gasteiger partial charge in [-0.15, -0.1) is 0 Å². The maximum Gasteiger partial charge on any atom is 0.273 e. The fourth-order valence-corrected chi connectivity index (χ4v) is 4.77. The van der Waals surface area contributed by atoms with Crippen LogP contribution in [0.2, 0.25) is 5.02 Å². The standard InChI is InChI=1S/C26H26ClF3N4O2S/c1-6-10-31-25(17-8-7-9-22(24(17)30)37(5)36)20(29)14-34-16(3)12-18(23(27)26(34)35)15(2)11-21-19(28)13-33(4)32-21/h6-10,12-15H,11H2,1-5H3/b10-6+,20-14-,31-25+. The minimum absolute atomic E-state index is 0.0995. The van der Waals surface area contributed by atoms with Gasteiger partial charge in [0.2, 0.25) is 0 Å². The van der Waals surface area contributed by atoms with Gasteiger partial charge in [-0.1, -0.05) is 30.7 Å². The monoisotopic (exact) mass is 550 g/mol. The lowest BCUT2D eigenvalue weighted by atomic mass is 9.96. The fraction of sp³-hybridized carbons (Fsp3) is 0.269. The van der Waals surface area contributed by atoms with Crippen LogP contribution in [0.3, 0.4) is 0 Å². The Labute approximate surface area is 220 Å². The lowest BCUT2D eigenvalue weighted by molar-refractivity contribution is 0.591. The van der Waals surface area contributed by atoms with Crippen molar-refractivity contribution in [3.8, 4) is 0 Å². The quantitative estimate of drug-likeness (QED) is 0.338. The Bertz CT molecular complexity index is 1510. The number of aryl methyl sites for hydroxylation is 2. The van der Waals surface area contributed by atoms with Crippen molar-refractivity contribution in [2.45, 2.75) is 38.0 Å². The number of hydrogen-bond donors (Lipinski definition) is 0. The number of aliphatic imine (C=N–C) groups is 1. The summed E-state index contributed by atoms with van der Waals surface area (Å²) in [6, 6.07) is 5.71. The maximum absolute atomic E-state index is 15.6. The predicted octanol–water partition coefficient (Wildman–Crippen LogP) is 5.70. The summed E-state index contributed by atoms with van der Waals surface area (Å²) >= 11 is 6.38. The first kappa shape index (κ1) is 28.3. The Hall–Kier alpha value is -3.24. The van der Waals surface area contributed by atoms with E-state index in [-0.39, 0.29) is 39.2 Å². The van der Waals surface area contributed by atoms with E-state index in [0.717, 1.165) is 10.8 Å². The number of pyridine rings is 1. The first-order valence-corrected chi connectivity index (χ1v) is 13.2. The van der Waals surface area contributed by atoms with Crippen molar-refractivity contribution in [3.63, 3.8) is 0 Å². The summed E-state index contributed by atoms with van der Waals surface area (Å²) in [5, 5.41) is 3.94. The van der Waals surface area contributed by atoms with Crippen molar-refractivity contribution in [3.05, 3.63) is 98.1 Å². The van der Waals surface area contributed by atoms with Crippen LogP contribution in [0, 0.1) is 18.6 Å². The predicted molar refractivity (Wildman–Crippen MR) is 141 cm³/mol. The molecular weight excluding hydrogens is 525 g/mol. The highest BCUT2D eigenvalue weighted by molar-refractivity contribution is 7.84. The van der Waals surface area contributed by atoms with Gasteiger partial charge < -0.3 is 0 Å². The van der Waals surface area contributed by atoms with Gasteiger partial charge in [0.15, 0.2) is 11.6 Å². The summed E-state index contributed by atoms with van der Waals surface area (Å²) in [4.78, 5) is 17.0. The van der Waals surface area contributed by atoms with Gasteiger partial charge in [-0.2, -0.15) is 5.10 Å². The van der Waals surface area contributed by atoms with E-state index >= 15 is 8.78 Å². The summed E-state index contributed by atoms with van der Waals surface area (Å²) in [6.07, 6.45) is 6.46. The van der Waals surface area contributed by atoms with Crippen molar-refractivity contribution in [1.82, 2.24) is 14.3 Å². The molecule has 0 saturated heterocycles. The molecule has 0 aliphatic heterocycles. The second-order valence-electron chi connectivity index (χ2n) is 8.44. The minimum atomic E-state index is -1.65. The molecule has 6 nitrogen and oxygen atoms in total.